The van der Waals surface area contributed by atoms with Gasteiger partial charge < -0.3 is 111 Å². The van der Waals surface area contributed by atoms with Crippen molar-refractivity contribution in [2.45, 2.75) is 116 Å². The van der Waals surface area contributed by atoms with Gasteiger partial charge in [-0.25, -0.2) is 9.59 Å². The SMILES string of the molecule is O=C(CO)N[C@H]1[C@H]([C@H](O)[C@H](O)CO)O[C@@](O[C@H](CO)[C@@H](O)[C@@H]2O[C@@](O[C@H]3[C@@H](O)[C@@H](CO)OC(O)[C@@H]3O)(C(=O)O)C[C@H](O)[C@H]2NC(=O)CO)(C(=O)O)C[C@@H]1O. The quantitative estimate of drug-likeness (QED) is 0.0650. The van der Waals surface area contributed by atoms with Gasteiger partial charge in [-0.2, -0.15) is 0 Å². The van der Waals surface area contributed by atoms with E-state index in [0.29, 0.717) is 0 Å². The lowest BCUT2D eigenvalue weighted by atomic mass is 9.87. The van der Waals surface area contributed by atoms with E-state index in [4.69, 9.17) is 28.8 Å². The van der Waals surface area contributed by atoms with Crippen LogP contribution in [-0.2, 0) is 42.9 Å². The molecule has 54 heavy (non-hydrogen) atoms. The highest BCUT2D eigenvalue weighted by Gasteiger charge is 2.61. The maximum Gasteiger partial charge on any atom is 0.364 e. The fourth-order valence-electron chi connectivity index (χ4n) is 6.26. The molecule has 1 unspecified atom stereocenters. The number of carbonyl (C=O) groups excluding carboxylic acids is 2. The average molecular weight is 795 g/mol. The number of carboxylic acids is 2. The molecule has 3 aliphatic rings. The molecule has 0 aromatic carbocycles. The summed E-state index contributed by atoms with van der Waals surface area (Å²) < 4.78 is 26.7. The van der Waals surface area contributed by atoms with Gasteiger partial charge in [0.05, 0.1) is 44.1 Å². The van der Waals surface area contributed by atoms with E-state index in [1.54, 1.807) is 0 Å². The van der Waals surface area contributed by atoms with E-state index in [-0.39, 0.29) is 0 Å². The Morgan fingerprint density at radius 3 is 1.63 bits per heavy atom. The molecule has 0 bridgehead atoms. The fraction of sp³-hybridized carbons (Fsp3) is 0.857. The summed E-state index contributed by atoms with van der Waals surface area (Å²) in [6.07, 6.45) is -31.0. The summed E-state index contributed by atoms with van der Waals surface area (Å²) in [6, 6.07) is -3.78. The Bertz CT molecular complexity index is 1300. The van der Waals surface area contributed by atoms with E-state index < -0.39 is 173 Å². The Morgan fingerprint density at radius 2 is 1.19 bits per heavy atom. The van der Waals surface area contributed by atoms with E-state index in [2.05, 4.69) is 0 Å². The standard InChI is InChI=1S/C28H46N2O24/c31-3-10(38)17(41)21-15(29-13(39)6-34)8(36)1-27(52-21,25(46)47)51-12(5-33)19(43)22-16(30-14(40)7-35)9(37)2-28(53-22,26(48)49)54-23-18(42)11(4-32)50-24(45)20(23)44/h8-12,15-24,31-38,41-45H,1-7H2,(H,29,39)(H,30,40)(H,46,47)(H,48,49)/t8-,9-,10+,11+,12+,15+,16+,17+,18-,19+,20+,21+,22+,23-,24?,27+,28-/m0/s1. The first-order valence-electron chi connectivity index (χ1n) is 16.2. The second kappa shape index (κ2) is 18.9. The highest BCUT2D eigenvalue weighted by atomic mass is 16.8. The van der Waals surface area contributed by atoms with E-state index in [9.17, 15) is 90.7 Å². The Morgan fingerprint density at radius 1 is 0.704 bits per heavy atom. The van der Waals surface area contributed by atoms with Gasteiger partial charge in [0.15, 0.2) is 6.29 Å². The smallest absolute Gasteiger partial charge is 0.364 e. The second-order valence-electron chi connectivity index (χ2n) is 12.7. The summed E-state index contributed by atoms with van der Waals surface area (Å²) in [7, 11) is 0. The maximum absolute atomic E-state index is 12.7. The molecule has 2 amide bonds. The summed E-state index contributed by atoms with van der Waals surface area (Å²) in [5, 5.41) is 158. The van der Waals surface area contributed by atoms with Crippen molar-refractivity contribution in [2.75, 3.05) is 33.0 Å². The van der Waals surface area contributed by atoms with Gasteiger partial charge in [0.2, 0.25) is 11.8 Å². The summed E-state index contributed by atoms with van der Waals surface area (Å²) in [5.41, 5.74) is 0. The van der Waals surface area contributed by atoms with Crippen molar-refractivity contribution in [3.05, 3.63) is 0 Å². The highest BCUT2D eigenvalue weighted by molar-refractivity contribution is 5.79. The Balaban J connectivity index is 2.07. The fourth-order valence-corrected chi connectivity index (χ4v) is 6.26. The van der Waals surface area contributed by atoms with Crippen molar-refractivity contribution in [1.82, 2.24) is 10.6 Å². The third-order valence-electron chi connectivity index (χ3n) is 9.06. The lowest BCUT2D eigenvalue weighted by Crippen LogP contribution is -2.71. The van der Waals surface area contributed by atoms with Crippen LogP contribution in [0, 0.1) is 0 Å². The minimum absolute atomic E-state index is 0.992. The van der Waals surface area contributed by atoms with E-state index in [0.717, 1.165) is 0 Å². The molecule has 3 heterocycles. The molecule has 3 rings (SSSR count). The predicted molar refractivity (Wildman–Crippen MR) is 162 cm³/mol. The number of hydrogen-bond acceptors (Lipinski definition) is 22. The van der Waals surface area contributed by atoms with E-state index in [1.807, 2.05) is 10.6 Å². The number of aliphatic hydroxyl groups is 13. The normalized spacial score (nSPS) is 39.5. The van der Waals surface area contributed by atoms with Crippen molar-refractivity contribution in [2.24, 2.45) is 0 Å². The van der Waals surface area contributed by atoms with Crippen molar-refractivity contribution in [3.63, 3.8) is 0 Å². The van der Waals surface area contributed by atoms with Crippen LogP contribution in [0.2, 0.25) is 0 Å². The number of rotatable bonds is 17. The summed E-state index contributed by atoms with van der Waals surface area (Å²) in [4.78, 5) is 49.7. The molecule has 312 valence electrons. The Labute approximate surface area is 303 Å². The van der Waals surface area contributed by atoms with Crippen LogP contribution < -0.4 is 10.6 Å². The molecule has 3 aliphatic heterocycles. The zero-order valence-electron chi connectivity index (χ0n) is 28.0. The first kappa shape index (κ1) is 45.5. The molecule has 0 saturated carbocycles. The first-order chi connectivity index (χ1) is 25.3. The lowest BCUT2D eigenvalue weighted by Gasteiger charge is -2.51. The zero-order chi connectivity index (χ0) is 40.9. The molecule has 17 atom stereocenters. The molecule has 0 aliphatic carbocycles. The number of carboxylic acid groups (broad SMARTS) is 2. The number of hydrogen-bond donors (Lipinski definition) is 17. The van der Waals surface area contributed by atoms with Crippen LogP contribution in [0.3, 0.4) is 0 Å². The molecule has 0 aromatic rings. The summed E-state index contributed by atoms with van der Waals surface area (Å²) in [5.74, 6) is -13.2. The molecule has 17 N–H and O–H groups in total. The van der Waals surface area contributed by atoms with Gasteiger partial charge in [0.25, 0.3) is 11.6 Å². The molecule has 3 fully saturated rings. The van der Waals surface area contributed by atoms with E-state index >= 15 is 0 Å². The van der Waals surface area contributed by atoms with Gasteiger partial charge in [0.1, 0.15) is 74.3 Å². The monoisotopic (exact) mass is 794 g/mol. The van der Waals surface area contributed by atoms with Gasteiger partial charge in [-0.1, -0.05) is 0 Å². The third-order valence-corrected chi connectivity index (χ3v) is 9.06. The van der Waals surface area contributed by atoms with E-state index in [1.165, 1.54) is 0 Å². The van der Waals surface area contributed by atoms with Crippen LogP contribution in [-0.4, -0.2) is 237 Å². The number of amides is 2. The molecule has 26 nitrogen and oxygen atoms in total. The number of aliphatic hydroxyl groups excluding tert-OH is 13. The minimum Gasteiger partial charge on any atom is -0.477 e. The van der Waals surface area contributed by atoms with Crippen LogP contribution in [0.1, 0.15) is 12.8 Å². The summed E-state index contributed by atoms with van der Waals surface area (Å²) in [6.45, 7) is -6.04. The van der Waals surface area contributed by atoms with Gasteiger partial charge >= 0.3 is 11.9 Å². The van der Waals surface area contributed by atoms with Crippen molar-refractivity contribution in [1.29, 1.82) is 0 Å². The van der Waals surface area contributed by atoms with Gasteiger partial charge in [0, 0.05) is 12.8 Å². The van der Waals surface area contributed by atoms with Crippen molar-refractivity contribution >= 4 is 23.8 Å². The van der Waals surface area contributed by atoms with Crippen molar-refractivity contribution < 1.29 is 119 Å². The van der Waals surface area contributed by atoms with Crippen LogP contribution >= 0.6 is 0 Å². The van der Waals surface area contributed by atoms with Crippen LogP contribution in [0.25, 0.3) is 0 Å². The Kier molecular flexibility index (Phi) is 15.9. The molecule has 0 spiro atoms. The minimum atomic E-state index is -3.27. The van der Waals surface area contributed by atoms with Crippen LogP contribution in [0.5, 0.6) is 0 Å². The second-order valence-corrected chi connectivity index (χ2v) is 12.7. The van der Waals surface area contributed by atoms with Gasteiger partial charge in [-0.3, -0.25) is 9.59 Å². The Hall–Kier alpha value is -2.84. The molecule has 0 radical (unpaired) electrons. The molecule has 26 heteroatoms. The topological polar surface area (TPSA) is 442 Å². The maximum atomic E-state index is 12.7. The molecule has 0 aromatic heterocycles. The molecule has 3 saturated heterocycles. The summed E-state index contributed by atoms with van der Waals surface area (Å²) >= 11 is 0. The first-order valence-corrected chi connectivity index (χ1v) is 16.2. The van der Waals surface area contributed by atoms with Crippen LogP contribution in [0.15, 0.2) is 0 Å². The third kappa shape index (κ3) is 9.57. The zero-order valence-corrected chi connectivity index (χ0v) is 28.0. The highest BCUT2D eigenvalue weighted by Crippen LogP contribution is 2.39. The van der Waals surface area contributed by atoms with Crippen LogP contribution in [0.4, 0.5) is 0 Å². The number of ether oxygens (including phenoxy) is 5. The average Bonchev–Trinajstić information content (AvgIpc) is 3.14. The molecular weight excluding hydrogens is 748 g/mol. The van der Waals surface area contributed by atoms with Gasteiger partial charge in [-0.05, 0) is 0 Å². The number of carbonyl (C=O) groups is 4. The lowest BCUT2D eigenvalue weighted by molar-refractivity contribution is -0.371. The number of aliphatic carboxylic acids is 2. The number of nitrogens with one attached hydrogen (secondary N) is 2. The van der Waals surface area contributed by atoms with Crippen molar-refractivity contribution in [3.8, 4) is 0 Å². The largest absolute Gasteiger partial charge is 0.477 e. The molecular formula is C28H46N2O24. The predicted octanol–water partition coefficient (Wildman–Crippen LogP) is -10.9. The van der Waals surface area contributed by atoms with Gasteiger partial charge in [-0.15, -0.1) is 0 Å².